The second kappa shape index (κ2) is 4.96. The highest BCUT2D eigenvalue weighted by molar-refractivity contribution is 6.04. The minimum absolute atomic E-state index is 0.147. The molecule has 0 spiro atoms. The number of nitrogens with two attached hydrogens (primary N) is 1. The van der Waals surface area contributed by atoms with Crippen LogP contribution in [0.15, 0.2) is 4.99 Å². The van der Waals surface area contributed by atoms with Crippen molar-refractivity contribution < 1.29 is 9.59 Å². The highest BCUT2D eigenvalue weighted by Gasteiger charge is 2.34. The van der Waals surface area contributed by atoms with Gasteiger partial charge in [0.05, 0.1) is 12.5 Å². The third-order valence-corrected chi connectivity index (χ3v) is 2.41. The van der Waals surface area contributed by atoms with Crippen LogP contribution < -0.4 is 11.1 Å². The Balaban J connectivity index is 2.74. The third kappa shape index (κ3) is 2.71. The van der Waals surface area contributed by atoms with Crippen molar-refractivity contribution in [2.24, 2.45) is 16.6 Å². The monoisotopic (exact) mass is 226 g/mol. The van der Waals surface area contributed by atoms with E-state index in [9.17, 15) is 9.59 Å². The van der Waals surface area contributed by atoms with Gasteiger partial charge in [-0.05, 0) is 5.92 Å². The Labute approximate surface area is 94.9 Å². The summed E-state index contributed by atoms with van der Waals surface area (Å²) in [6.45, 7) is 4.56. The molecule has 16 heavy (non-hydrogen) atoms. The molecule has 0 aromatic heterocycles. The van der Waals surface area contributed by atoms with Gasteiger partial charge in [-0.3, -0.25) is 4.79 Å². The first-order chi connectivity index (χ1) is 7.45. The van der Waals surface area contributed by atoms with Crippen LogP contribution >= 0.6 is 0 Å². The van der Waals surface area contributed by atoms with E-state index in [0.29, 0.717) is 12.5 Å². The molecular weight excluding hydrogens is 208 g/mol. The SMILES string of the molecule is CNC(=O)CC1C(N)=NC(=O)N1CC(C)C. The van der Waals surface area contributed by atoms with Crippen molar-refractivity contribution in [3.63, 3.8) is 0 Å². The zero-order valence-electron chi connectivity index (χ0n) is 9.86. The van der Waals surface area contributed by atoms with Gasteiger partial charge in [0.25, 0.3) is 0 Å². The summed E-state index contributed by atoms with van der Waals surface area (Å²) >= 11 is 0. The van der Waals surface area contributed by atoms with Crippen molar-refractivity contribution in [3.05, 3.63) is 0 Å². The van der Waals surface area contributed by atoms with E-state index in [2.05, 4.69) is 10.3 Å². The van der Waals surface area contributed by atoms with Crippen LogP contribution in [0.3, 0.4) is 0 Å². The van der Waals surface area contributed by atoms with Crippen LogP contribution in [0.25, 0.3) is 0 Å². The summed E-state index contributed by atoms with van der Waals surface area (Å²) in [5, 5.41) is 2.51. The zero-order chi connectivity index (χ0) is 12.3. The Kier molecular flexibility index (Phi) is 3.87. The molecule has 0 fully saturated rings. The highest BCUT2D eigenvalue weighted by atomic mass is 16.2. The van der Waals surface area contributed by atoms with Crippen LogP contribution in [0.5, 0.6) is 0 Å². The van der Waals surface area contributed by atoms with Crippen molar-refractivity contribution in [2.45, 2.75) is 26.3 Å². The van der Waals surface area contributed by atoms with Gasteiger partial charge < -0.3 is 16.0 Å². The summed E-state index contributed by atoms with van der Waals surface area (Å²) in [6.07, 6.45) is 0.171. The summed E-state index contributed by atoms with van der Waals surface area (Å²) in [6, 6.07) is -0.741. The molecule has 1 aliphatic rings. The van der Waals surface area contributed by atoms with Crippen molar-refractivity contribution in [3.8, 4) is 0 Å². The first-order valence-electron chi connectivity index (χ1n) is 5.31. The molecule has 1 rings (SSSR count). The molecule has 1 aliphatic heterocycles. The Morgan fingerprint density at radius 1 is 1.62 bits per heavy atom. The fourth-order valence-electron chi connectivity index (χ4n) is 1.63. The quantitative estimate of drug-likeness (QED) is 0.704. The van der Waals surface area contributed by atoms with Crippen LogP contribution in [0.4, 0.5) is 4.79 Å². The number of hydrogen-bond donors (Lipinski definition) is 2. The van der Waals surface area contributed by atoms with E-state index in [1.165, 1.54) is 0 Å². The molecule has 0 aromatic rings. The van der Waals surface area contributed by atoms with Crippen molar-refractivity contribution in [2.75, 3.05) is 13.6 Å². The lowest BCUT2D eigenvalue weighted by Crippen LogP contribution is -2.44. The molecule has 1 heterocycles. The standard InChI is InChI=1S/C10H18N4O2/c1-6(2)5-14-7(4-8(15)12-3)9(11)13-10(14)16/h6-7H,4-5H2,1-3H3,(H,12,15)(H2,11,13,16). The van der Waals surface area contributed by atoms with Gasteiger partial charge in [0.15, 0.2) is 0 Å². The second-order valence-corrected chi connectivity index (χ2v) is 4.26. The summed E-state index contributed by atoms with van der Waals surface area (Å²) in [4.78, 5) is 28.1. The zero-order valence-corrected chi connectivity index (χ0v) is 9.86. The number of amidine groups is 1. The molecule has 1 atom stereocenters. The smallest absolute Gasteiger partial charge is 0.345 e. The lowest BCUT2D eigenvalue weighted by atomic mass is 10.1. The maximum Gasteiger partial charge on any atom is 0.345 e. The Bertz CT molecular complexity index is 325. The molecule has 0 aromatic carbocycles. The molecule has 1 unspecified atom stereocenters. The minimum Gasteiger partial charge on any atom is -0.385 e. The number of carbonyl (C=O) groups excluding carboxylic acids is 2. The number of hydrogen-bond acceptors (Lipinski definition) is 3. The Morgan fingerprint density at radius 3 is 2.75 bits per heavy atom. The first kappa shape index (κ1) is 12.5. The highest BCUT2D eigenvalue weighted by Crippen LogP contribution is 2.16. The molecule has 0 bridgehead atoms. The van der Waals surface area contributed by atoms with Gasteiger partial charge in [-0.25, -0.2) is 4.79 Å². The summed E-state index contributed by atoms with van der Waals surface area (Å²) in [7, 11) is 1.55. The largest absolute Gasteiger partial charge is 0.385 e. The van der Waals surface area contributed by atoms with Crippen molar-refractivity contribution >= 4 is 17.8 Å². The molecule has 3 N–H and O–H groups in total. The lowest BCUT2D eigenvalue weighted by molar-refractivity contribution is -0.121. The number of carbonyl (C=O) groups is 2. The molecule has 3 amide bonds. The van der Waals surface area contributed by atoms with Crippen molar-refractivity contribution in [1.29, 1.82) is 0 Å². The molecule has 6 heteroatoms. The fraction of sp³-hybridized carbons (Fsp3) is 0.700. The van der Waals surface area contributed by atoms with Crippen LogP contribution in [0.2, 0.25) is 0 Å². The maximum absolute atomic E-state index is 11.5. The molecule has 6 nitrogen and oxygen atoms in total. The number of nitrogens with zero attached hydrogens (tertiary/aromatic N) is 2. The second-order valence-electron chi connectivity index (χ2n) is 4.26. The third-order valence-electron chi connectivity index (χ3n) is 2.41. The van der Waals surface area contributed by atoms with Gasteiger partial charge in [-0.15, -0.1) is 0 Å². The van der Waals surface area contributed by atoms with Crippen LogP contribution in [0.1, 0.15) is 20.3 Å². The Morgan fingerprint density at radius 2 is 2.25 bits per heavy atom. The van der Waals surface area contributed by atoms with Gasteiger partial charge in [-0.1, -0.05) is 13.8 Å². The molecule has 0 aliphatic carbocycles. The predicted molar refractivity (Wildman–Crippen MR) is 61.0 cm³/mol. The Hall–Kier alpha value is -1.59. The van der Waals surface area contributed by atoms with E-state index >= 15 is 0 Å². The van der Waals surface area contributed by atoms with E-state index in [1.807, 2.05) is 13.8 Å². The van der Waals surface area contributed by atoms with Gasteiger partial charge in [0, 0.05) is 13.6 Å². The number of aliphatic imine (C=N–C) groups is 1. The van der Waals surface area contributed by atoms with E-state index in [1.54, 1.807) is 11.9 Å². The predicted octanol–water partition coefficient (Wildman–Crippen LogP) is -0.0601. The first-order valence-corrected chi connectivity index (χ1v) is 5.31. The average molecular weight is 226 g/mol. The van der Waals surface area contributed by atoms with E-state index in [0.717, 1.165) is 0 Å². The topological polar surface area (TPSA) is 87.8 Å². The summed E-state index contributed by atoms with van der Waals surface area (Å²) in [5.41, 5.74) is 5.65. The molecule has 90 valence electrons. The normalized spacial score (nSPS) is 20.2. The van der Waals surface area contributed by atoms with Gasteiger partial charge in [0.1, 0.15) is 5.84 Å². The molecule has 0 saturated heterocycles. The average Bonchev–Trinajstić information content (AvgIpc) is 2.44. The minimum atomic E-state index is -0.394. The van der Waals surface area contributed by atoms with Crippen LogP contribution in [-0.2, 0) is 4.79 Å². The van der Waals surface area contributed by atoms with Crippen molar-refractivity contribution in [1.82, 2.24) is 10.2 Å². The fourth-order valence-corrected chi connectivity index (χ4v) is 1.63. The van der Waals surface area contributed by atoms with Gasteiger partial charge in [-0.2, -0.15) is 4.99 Å². The van der Waals surface area contributed by atoms with E-state index in [4.69, 9.17) is 5.73 Å². The number of urea groups is 1. The number of nitrogens with one attached hydrogen (secondary N) is 1. The summed E-state index contributed by atoms with van der Waals surface area (Å²) < 4.78 is 0. The van der Waals surface area contributed by atoms with E-state index in [-0.39, 0.29) is 24.2 Å². The number of amides is 3. The molecular formula is C10H18N4O2. The van der Waals surface area contributed by atoms with Gasteiger partial charge in [0.2, 0.25) is 5.91 Å². The number of rotatable bonds is 4. The van der Waals surface area contributed by atoms with Crippen LogP contribution in [0, 0.1) is 5.92 Å². The van der Waals surface area contributed by atoms with Gasteiger partial charge >= 0.3 is 6.03 Å². The molecule has 0 radical (unpaired) electrons. The maximum atomic E-state index is 11.5. The van der Waals surface area contributed by atoms with Crippen LogP contribution in [-0.4, -0.2) is 42.3 Å². The summed E-state index contributed by atoms with van der Waals surface area (Å²) in [5.74, 6) is 0.401. The van der Waals surface area contributed by atoms with E-state index < -0.39 is 6.04 Å². The lowest BCUT2D eigenvalue weighted by Gasteiger charge is -2.25. The molecule has 0 saturated carbocycles.